The van der Waals surface area contributed by atoms with Crippen LogP contribution in [0.15, 0.2) is 138 Å². The van der Waals surface area contributed by atoms with Crippen LogP contribution >= 0.6 is 0 Å². The van der Waals surface area contributed by atoms with E-state index in [4.69, 9.17) is 11.3 Å². The number of hydrogen-bond acceptors (Lipinski definition) is 1. The lowest BCUT2D eigenvalue weighted by Gasteiger charge is -2.16. The van der Waals surface area contributed by atoms with E-state index >= 15 is 0 Å². The number of para-hydroxylation sites is 1. The average molecular weight is 476 g/mol. The van der Waals surface area contributed by atoms with Crippen molar-refractivity contribution in [1.82, 2.24) is 0 Å². The molecule has 0 saturated carbocycles. The van der Waals surface area contributed by atoms with Crippen LogP contribution in [0.3, 0.4) is 0 Å². The minimum absolute atomic E-state index is 0.140. The summed E-state index contributed by atoms with van der Waals surface area (Å²) in [6, 6.07) is 32.0. The van der Waals surface area contributed by atoms with Crippen molar-refractivity contribution in [3.8, 4) is 33.4 Å². The first-order valence-corrected chi connectivity index (χ1v) is 12.3. The van der Waals surface area contributed by atoms with Gasteiger partial charge in [0.1, 0.15) is 5.58 Å². The molecule has 0 radical (unpaired) electrons. The zero-order valence-electron chi connectivity index (χ0n) is 24.7. The first kappa shape index (κ1) is 16.0. The van der Waals surface area contributed by atoms with Crippen molar-refractivity contribution in [2.45, 2.75) is 0 Å². The molecule has 1 heterocycles. The van der Waals surface area contributed by atoms with Gasteiger partial charge in [0, 0.05) is 16.5 Å². The summed E-state index contributed by atoms with van der Waals surface area (Å²) in [4.78, 5) is 0. The van der Waals surface area contributed by atoms with Crippen LogP contribution in [0, 0.1) is 0 Å². The fourth-order valence-corrected chi connectivity index (χ4v) is 5.75. The molecule has 0 bridgehead atoms. The molecule has 0 N–H and O–H groups in total. The highest BCUT2D eigenvalue weighted by molar-refractivity contribution is 6.28. The molecule has 0 aliphatic rings. The molecule has 172 valence electrons. The maximum absolute atomic E-state index is 8.50. The summed E-state index contributed by atoms with van der Waals surface area (Å²) in [5.41, 5.74) is 5.49. The topological polar surface area (TPSA) is 13.1 Å². The minimum atomic E-state index is -0.411. The molecular formula is C36H22O. The molecule has 0 aliphatic carbocycles. The van der Waals surface area contributed by atoms with Gasteiger partial charge in [0.15, 0.2) is 0 Å². The molecule has 0 atom stereocenters. The smallest absolute Gasteiger partial charge is 0.142 e. The van der Waals surface area contributed by atoms with E-state index in [0.29, 0.717) is 16.5 Å². The van der Waals surface area contributed by atoms with Crippen molar-refractivity contribution in [2.75, 3.05) is 0 Å². The zero-order valence-corrected chi connectivity index (χ0v) is 19.7. The van der Waals surface area contributed by atoms with Gasteiger partial charge in [-0.2, -0.15) is 0 Å². The molecule has 0 fully saturated rings. The Balaban J connectivity index is 1.40. The van der Waals surface area contributed by atoms with E-state index in [9.17, 15) is 0 Å². The van der Waals surface area contributed by atoms with Gasteiger partial charge < -0.3 is 4.42 Å². The number of hydrogen-bond donors (Lipinski definition) is 0. The first-order chi connectivity index (χ1) is 20.4. The normalized spacial score (nSPS) is 13.7. The molecule has 1 aromatic heterocycles. The fourth-order valence-electron chi connectivity index (χ4n) is 5.75. The summed E-state index contributed by atoms with van der Waals surface area (Å²) in [6.07, 6.45) is 1.50. The van der Waals surface area contributed by atoms with Crippen LogP contribution in [-0.2, 0) is 0 Å². The second kappa shape index (κ2) is 7.81. The third-order valence-corrected chi connectivity index (χ3v) is 7.41. The molecular weight excluding hydrogens is 448 g/mol. The van der Waals surface area contributed by atoms with Crippen molar-refractivity contribution >= 4 is 43.3 Å². The van der Waals surface area contributed by atoms with Crippen LogP contribution in [0.5, 0.6) is 0 Å². The lowest BCUT2D eigenvalue weighted by molar-refractivity contribution is 0.618. The summed E-state index contributed by atoms with van der Waals surface area (Å²) in [5.74, 6) is 0. The highest BCUT2D eigenvalue weighted by Gasteiger charge is 2.18. The van der Waals surface area contributed by atoms with Crippen LogP contribution in [0.25, 0.3) is 76.7 Å². The van der Waals surface area contributed by atoms with Crippen molar-refractivity contribution in [1.29, 1.82) is 0 Å². The minimum Gasteiger partial charge on any atom is -0.463 e. The van der Waals surface area contributed by atoms with Gasteiger partial charge in [-0.05, 0) is 54.6 Å². The van der Waals surface area contributed by atoms with Crippen LogP contribution in [0.2, 0.25) is 0 Å². The molecule has 0 spiro atoms. The summed E-state index contributed by atoms with van der Waals surface area (Å²) in [6.45, 7) is 0. The third kappa shape index (κ3) is 2.98. The van der Waals surface area contributed by atoms with Gasteiger partial charge in [-0.15, -0.1) is 0 Å². The van der Waals surface area contributed by atoms with Gasteiger partial charge in [0.25, 0.3) is 0 Å². The van der Waals surface area contributed by atoms with Crippen LogP contribution < -0.4 is 0 Å². The van der Waals surface area contributed by atoms with Crippen molar-refractivity contribution in [3.63, 3.8) is 0 Å². The Morgan fingerprint density at radius 2 is 1.14 bits per heavy atom. The van der Waals surface area contributed by atoms with Gasteiger partial charge in [0.05, 0.1) is 13.1 Å². The highest BCUT2D eigenvalue weighted by Crippen LogP contribution is 2.44. The molecule has 1 nitrogen and oxygen atoms in total. The van der Waals surface area contributed by atoms with Gasteiger partial charge in [0.2, 0.25) is 0 Å². The predicted molar refractivity (Wildman–Crippen MR) is 156 cm³/mol. The lowest BCUT2D eigenvalue weighted by Crippen LogP contribution is -1.89. The van der Waals surface area contributed by atoms with E-state index in [1.54, 1.807) is 0 Å². The number of rotatable bonds is 3. The van der Waals surface area contributed by atoms with Crippen molar-refractivity contribution in [3.05, 3.63) is 134 Å². The lowest BCUT2D eigenvalue weighted by atomic mass is 9.87. The maximum atomic E-state index is 8.50. The number of fused-ring (bicyclic) bond motifs is 1. The van der Waals surface area contributed by atoms with E-state index in [0.717, 1.165) is 21.9 Å². The Morgan fingerprint density at radius 1 is 0.459 bits per heavy atom. The zero-order chi connectivity index (χ0) is 28.7. The number of benzene rings is 7. The van der Waals surface area contributed by atoms with Gasteiger partial charge in [-0.25, -0.2) is 0 Å². The number of furan rings is 1. The van der Waals surface area contributed by atoms with Gasteiger partial charge in [-0.1, -0.05) is 127 Å². The molecule has 0 amide bonds. The summed E-state index contributed by atoms with van der Waals surface area (Å²) >= 11 is 0. The Labute approximate surface area is 221 Å². The SMILES string of the molecule is [2H]c1c([2H])c([2H])c(-c2coc3c(-c4ccc5ccc6c(-c7ccccc7)ccc7ccc4c5c76)cccc23)c([2H])c1[2H]. The van der Waals surface area contributed by atoms with E-state index < -0.39 is 6.04 Å². The molecule has 8 aromatic rings. The average Bonchev–Trinajstić information content (AvgIpc) is 3.46. The van der Waals surface area contributed by atoms with Crippen molar-refractivity contribution < 1.29 is 11.3 Å². The Kier molecular flexibility index (Phi) is 3.37. The van der Waals surface area contributed by atoms with E-state index in [2.05, 4.69) is 72.8 Å². The molecule has 0 aliphatic heterocycles. The highest BCUT2D eigenvalue weighted by atomic mass is 16.3. The Hall–Kier alpha value is -4.88. The van der Waals surface area contributed by atoms with E-state index in [-0.39, 0.29) is 29.7 Å². The van der Waals surface area contributed by atoms with Crippen LogP contribution in [0.1, 0.15) is 6.85 Å². The summed E-state index contributed by atoms with van der Waals surface area (Å²) < 4.78 is 47.4. The molecule has 0 saturated heterocycles. The van der Waals surface area contributed by atoms with E-state index in [1.165, 1.54) is 38.9 Å². The Bertz CT molecular complexity index is 2330. The van der Waals surface area contributed by atoms with Crippen molar-refractivity contribution in [2.24, 2.45) is 0 Å². The maximum Gasteiger partial charge on any atom is 0.142 e. The van der Waals surface area contributed by atoms with Gasteiger partial charge in [-0.3, -0.25) is 0 Å². The van der Waals surface area contributed by atoms with Gasteiger partial charge >= 0.3 is 0 Å². The second-order valence-electron chi connectivity index (χ2n) is 9.35. The third-order valence-electron chi connectivity index (χ3n) is 7.41. The second-order valence-corrected chi connectivity index (χ2v) is 9.35. The molecule has 37 heavy (non-hydrogen) atoms. The monoisotopic (exact) mass is 475 g/mol. The fraction of sp³-hybridized carbons (Fsp3) is 0. The van der Waals surface area contributed by atoms with Crippen LogP contribution in [-0.4, -0.2) is 0 Å². The summed E-state index contributed by atoms with van der Waals surface area (Å²) in [7, 11) is 0. The quantitative estimate of drug-likeness (QED) is 0.232. The largest absolute Gasteiger partial charge is 0.463 e. The first-order valence-electron chi connectivity index (χ1n) is 14.8. The molecule has 8 rings (SSSR count). The Morgan fingerprint density at radius 3 is 1.89 bits per heavy atom. The molecule has 1 heteroatoms. The van der Waals surface area contributed by atoms with E-state index in [1.807, 2.05) is 24.3 Å². The summed E-state index contributed by atoms with van der Waals surface area (Å²) in [5, 5.41) is 7.75. The van der Waals surface area contributed by atoms with Crippen LogP contribution in [0.4, 0.5) is 0 Å². The standard InChI is InChI=1S/C36H22O/c1-3-8-23(9-4-1)27-18-14-25-17-21-30-28(19-15-26-16-20-29(27)34(25)35(26)30)31-12-7-13-32-33(22-37-36(31)32)24-10-5-2-6-11-24/h1-22H/i2D,5D,6D,10D,11D. The predicted octanol–water partition coefficient (Wildman–Crippen LogP) is 10.3. The molecule has 7 aromatic carbocycles. The molecule has 0 unspecified atom stereocenters.